The van der Waals surface area contributed by atoms with Crippen molar-refractivity contribution in [3.8, 4) is 0 Å². The summed E-state index contributed by atoms with van der Waals surface area (Å²) in [5.74, 6) is -0.726. The summed E-state index contributed by atoms with van der Waals surface area (Å²) in [5.41, 5.74) is 1.73. The zero-order chi connectivity index (χ0) is 22.3. The van der Waals surface area contributed by atoms with Crippen LogP contribution in [0.1, 0.15) is 33.5 Å². The number of rotatable bonds is 5. The van der Waals surface area contributed by atoms with Crippen molar-refractivity contribution < 1.29 is 14.7 Å². The second kappa shape index (κ2) is 7.74. The first-order valence-corrected chi connectivity index (χ1v) is 10.7. The molecule has 4 aromatic rings. The first-order chi connectivity index (χ1) is 15.5. The summed E-state index contributed by atoms with van der Waals surface area (Å²) < 4.78 is 0. The van der Waals surface area contributed by atoms with Gasteiger partial charge in [0.2, 0.25) is 0 Å². The number of aliphatic hydroxyl groups is 1. The van der Waals surface area contributed by atoms with E-state index >= 15 is 0 Å². The largest absolute Gasteiger partial charge is 0.375 e. The van der Waals surface area contributed by atoms with E-state index in [0.717, 1.165) is 21.9 Å². The smallest absolute Gasteiger partial charge is 0.264 e. The molecule has 158 valence electrons. The highest BCUT2D eigenvalue weighted by Gasteiger charge is 2.50. The predicted molar refractivity (Wildman–Crippen MR) is 126 cm³/mol. The fourth-order valence-electron chi connectivity index (χ4n) is 4.43. The predicted octanol–water partition coefficient (Wildman–Crippen LogP) is 5.16. The van der Waals surface area contributed by atoms with Gasteiger partial charge in [0.25, 0.3) is 5.91 Å². The number of Topliss-reactive ketones (excluding diaryl/α,β-unsaturated/α-hetero) is 1. The van der Waals surface area contributed by atoms with Gasteiger partial charge in [-0.2, -0.15) is 0 Å². The maximum Gasteiger partial charge on any atom is 0.264 e. The van der Waals surface area contributed by atoms with E-state index in [1.54, 1.807) is 29.2 Å². The van der Waals surface area contributed by atoms with Crippen molar-refractivity contribution in [2.24, 2.45) is 0 Å². The van der Waals surface area contributed by atoms with Crippen LogP contribution in [0, 0.1) is 6.92 Å². The van der Waals surface area contributed by atoms with Gasteiger partial charge in [0.1, 0.15) is 0 Å². The molecule has 4 nitrogen and oxygen atoms in total. The van der Waals surface area contributed by atoms with E-state index < -0.39 is 11.5 Å². The normalized spacial score (nSPS) is 17.6. The summed E-state index contributed by atoms with van der Waals surface area (Å²) in [6, 6.07) is 28.5. The van der Waals surface area contributed by atoms with Crippen LogP contribution >= 0.6 is 0 Å². The van der Waals surface area contributed by atoms with Crippen LogP contribution in [0.5, 0.6) is 0 Å². The number of para-hydroxylation sites is 1. The van der Waals surface area contributed by atoms with Crippen molar-refractivity contribution in [2.75, 3.05) is 4.90 Å². The first kappa shape index (κ1) is 20.2. The van der Waals surface area contributed by atoms with E-state index in [-0.39, 0.29) is 12.2 Å². The second-order valence-corrected chi connectivity index (χ2v) is 8.42. The molecular formula is C28H23NO3. The lowest BCUT2D eigenvalue weighted by Crippen LogP contribution is -2.41. The number of carbonyl (C=O) groups is 2. The summed E-state index contributed by atoms with van der Waals surface area (Å²) >= 11 is 0. The molecule has 1 heterocycles. The number of amides is 1. The molecule has 0 radical (unpaired) electrons. The van der Waals surface area contributed by atoms with Crippen LogP contribution in [0.25, 0.3) is 10.8 Å². The molecule has 0 saturated carbocycles. The topological polar surface area (TPSA) is 57.6 Å². The Bertz CT molecular complexity index is 1340. The molecule has 0 aromatic heterocycles. The molecule has 0 bridgehead atoms. The highest BCUT2D eigenvalue weighted by Crippen LogP contribution is 2.43. The standard InChI is InChI=1S/C28H23NO3/c1-19-10-13-22(14-11-19)26(30)17-28(32)24-8-4-5-9-25(24)29(27(28)31)18-20-12-15-21-6-2-3-7-23(21)16-20/h2-16,32H,17-18H2,1H3. The van der Waals surface area contributed by atoms with Crippen LogP contribution < -0.4 is 4.90 Å². The van der Waals surface area contributed by atoms with Crippen molar-refractivity contribution in [3.05, 3.63) is 113 Å². The van der Waals surface area contributed by atoms with Crippen LogP contribution in [0.15, 0.2) is 91.0 Å². The molecule has 0 aliphatic carbocycles. The Morgan fingerprint density at radius 2 is 1.56 bits per heavy atom. The van der Waals surface area contributed by atoms with Gasteiger partial charge in [-0.05, 0) is 35.4 Å². The molecule has 1 aliphatic rings. The molecule has 5 rings (SSSR count). The van der Waals surface area contributed by atoms with Crippen LogP contribution in [0.2, 0.25) is 0 Å². The van der Waals surface area contributed by atoms with Gasteiger partial charge < -0.3 is 10.0 Å². The minimum atomic E-state index is -1.88. The van der Waals surface area contributed by atoms with Crippen LogP contribution in [-0.2, 0) is 16.9 Å². The number of aryl methyl sites for hydroxylation is 1. The van der Waals surface area contributed by atoms with E-state index in [9.17, 15) is 14.7 Å². The lowest BCUT2D eigenvalue weighted by molar-refractivity contribution is -0.136. The highest BCUT2D eigenvalue weighted by molar-refractivity contribution is 6.10. The third-order valence-corrected chi connectivity index (χ3v) is 6.18. The van der Waals surface area contributed by atoms with Gasteiger partial charge in [0, 0.05) is 11.1 Å². The summed E-state index contributed by atoms with van der Waals surface area (Å²) in [6.45, 7) is 2.27. The Morgan fingerprint density at radius 1 is 0.875 bits per heavy atom. The van der Waals surface area contributed by atoms with Crippen LogP contribution in [0.4, 0.5) is 5.69 Å². The number of carbonyl (C=O) groups excluding carboxylic acids is 2. The van der Waals surface area contributed by atoms with Crippen molar-refractivity contribution in [1.29, 1.82) is 0 Å². The third kappa shape index (κ3) is 3.39. The zero-order valence-corrected chi connectivity index (χ0v) is 17.8. The van der Waals surface area contributed by atoms with Crippen LogP contribution in [-0.4, -0.2) is 16.8 Å². The Hall–Kier alpha value is -3.76. The number of fused-ring (bicyclic) bond motifs is 2. The second-order valence-electron chi connectivity index (χ2n) is 8.42. The zero-order valence-electron chi connectivity index (χ0n) is 17.8. The molecule has 0 saturated heterocycles. The van der Waals surface area contributed by atoms with E-state index in [1.165, 1.54) is 0 Å². The first-order valence-electron chi connectivity index (χ1n) is 10.7. The fourth-order valence-corrected chi connectivity index (χ4v) is 4.43. The van der Waals surface area contributed by atoms with Gasteiger partial charge in [0.05, 0.1) is 18.7 Å². The average Bonchev–Trinajstić information content (AvgIpc) is 3.01. The minimum Gasteiger partial charge on any atom is -0.375 e. The number of anilines is 1. The number of benzene rings is 4. The maximum atomic E-state index is 13.5. The molecule has 1 atom stereocenters. The molecule has 1 N–H and O–H groups in total. The summed E-state index contributed by atoms with van der Waals surface area (Å²) in [7, 11) is 0. The van der Waals surface area contributed by atoms with Crippen molar-refractivity contribution in [2.45, 2.75) is 25.5 Å². The molecule has 1 aliphatic heterocycles. The van der Waals surface area contributed by atoms with Gasteiger partial charge in [-0.15, -0.1) is 0 Å². The van der Waals surface area contributed by atoms with Crippen LogP contribution in [0.3, 0.4) is 0 Å². The van der Waals surface area contributed by atoms with Gasteiger partial charge in [-0.25, -0.2) is 0 Å². The maximum absolute atomic E-state index is 13.5. The van der Waals surface area contributed by atoms with Gasteiger partial charge in [-0.3, -0.25) is 9.59 Å². The quantitative estimate of drug-likeness (QED) is 0.453. The number of hydrogen-bond donors (Lipinski definition) is 1. The van der Waals surface area contributed by atoms with Crippen molar-refractivity contribution in [3.63, 3.8) is 0 Å². The van der Waals surface area contributed by atoms with E-state index in [4.69, 9.17) is 0 Å². The average molecular weight is 421 g/mol. The van der Waals surface area contributed by atoms with E-state index in [0.29, 0.717) is 23.4 Å². The molecule has 4 aromatic carbocycles. The lowest BCUT2D eigenvalue weighted by Gasteiger charge is -2.23. The number of ketones is 1. The summed E-state index contributed by atoms with van der Waals surface area (Å²) in [6.07, 6.45) is -0.292. The summed E-state index contributed by atoms with van der Waals surface area (Å²) in [4.78, 5) is 28.0. The third-order valence-electron chi connectivity index (χ3n) is 6.18. The van der Waals surface area contributed by atoms with Gasteiger partial charge in [0.15, 0.2) is 11.4 Å². The summed E-state index contributed by atoms with van der Waals surface area (Å²) in [5, 5.41) is 13.7. The highest BCUT2D eigenvalue weighted by atomic mass is 16.3. The Kier molecular flexibility index (Phi) is 4.87. The van der Waals surface area contributed by atoms with Gasteiger partial charge >= 0.3 is 0 Å². The fraction of sp³-hybridized carbons (Fsp3) is 0.143. The van der Waals surface area contributed by atoms with Crippen molar-refractivity contribution >= 4 is 28.2 Å². The van der Waals surface area contributed by atoms with E-state index in [1.807, 2.05) is 67.6 Å². The Labute approximate surface area is 186 Å². The minimum absolute atomic E-state index is 0.261. The van der Waals surface area contributed by atoms with Gasteiger partial charge in [-0.1, -0.05) is 84.4 Å². The molecule has 32 heavy (non-hydrogen) atoms. The molecule has 1 unspecified atom stereocenters. The molecule has 4 heteroatoms. The Morgan fingerprint density at radius 3 is 2.34 bits per heavy atom. The molecule has 0 fully saturated rings. The molecule has 1 amide bonds. The molecular weight excluding hydrogens is 398 g/mol. The van der Waals surface area contributed by atoms with Crippen molar-refractivity contribution in [1.82, 2.24) is 0 Å². The lowest BCUT2D eigenvalue weighted by atomic mass is 9.88. The Balaban J connectivity index is 1.48. The number of hydrogen-bond acceptors (Lipinski definition) is 3. The molecule has 0 spiro atoms. The number of nitrogens with zero attached hydrogens (tertiary/aromatic N) is 1. The van der Waals surface area contributed by atoms with E-state index in [2.05, 4.69) is 6.07 Å². The monoisotopic (exact) mass is 421 g/mol. The SMILES string of the molecule is Cc1ccc(C(=O)CC2(O)C(=O)N(Cc3ccc4ccccc4c3)c3ccccc32)cc1.